The average Bonchev–Trinajstić information content (AvgIpc) is 3.30. The van der Waals surface area contributed by atoms with Gasteiger partial charge in [-0.25, -0.2) is 0 Å². The normalized spacial score (nSPS) is 43.7. The summed E-state index contributed by atoms with van der Waals surface area (Å²) in [6.07, 6.45) is 10.7. The van der Waals surface area contributed by atoms with E-state index < -0.39 is 17.4 Å². The van der Waals surface area contributed by atoms with Crippen LogP contribution in [-0.2, 0) is 19.1 Å². The minimum absolute atomic E-state index is 0.0119. The molecule has 0 spiro atoms. The smallest absolute Gasteiger partial charge is 0.309 e. The molecule has 0 aliphatic heterocycles. The van der Waals surface area contributed by atoms with Gasteiger partial charge in [-0.2, -0.15) is 0 Å². The van der Waals surface area contributed by atoms with Crippen LogP contribution >= 0.6 is 0 Å². The molecule has 5 fully saturated rings. The number of carboxylic acid groups (broad SMARTS) is 1. The number of carbonyl (C=O) groups is 3. The molecule has 5 rings (SSSR count). The molecule has 0 aromatic heterocycles. The molecule has 6 heteroatoms. The summed E-state index contributed by atoms with van der Waals surface area (Å²) in [5.41, 5.74) is 0.388. The molecule has 2 N–H and O–H groups in total. The average molecular weight is 626 g/mol. The Kier molecular flexibility index (Phi) is 8.51. The van der Waals surface area contributed by atoms with E-state index in [0.29, 0.717) is 29.6 Å². The van der Waals surface area contributed by atoms with Gasteiger partial charge in [0.15, 0.2) is 0 Å². The first-order chi connectivity index (χ1) is 20.7. The largest absolute Gasteiger partial charge is 0.481 e. The van der Waals surface area contributed by atoms with Crippen molar-refractivity contribution >= 4 is 17.8 Å². The van der Waals surface area contributed by atoms with Gasteiger partial charge in [-0.15, -0.1) is 0 Å². The van der Waals surface area contributed by atoms with E-state index in [1.165, 1.54) is 24.8 Å². The fourth-order valence-electron chi connectivity index (χ4n) is 12.6. The number of esters is 1. The van der Waals surface area contributed by atoms with Gasteiger partial charge in [0.05, 0.1) is 11.8 Å². The summed E-state index contributed by atoms with van der Waals surface area (Å²) in [4.78, 5) is 37.9. The Morgan fingerprint density at radius 2 is 1.56 bits per heavy atom. The predicted molar refractivity (Wildman–Crippen MR) is 178 cm³/mol. The molecule has 0 saturated heterocycles. The number of hydrogen-bond donors (Lipinski definition) is 2. The van der Waals surface area contributed by atoms with Crippen LogP contribution in [0, 0.1) is 62.6 Å². The summed E-state index contributed by atoms with van der Waals surface area (Å²) >= 11 is 0. The van der Waals surface area contributed by atoms with Crippen molar-refractivity contribution in [3.63, 3.8) is 0 Å². The Hall–Kier alpha value is -1.85. The van der Waals surface area contributed by atoms with Crippen LogP contribution in [0.1, 0.15) is 140 Å². The van der Waals surface area contributed by atoms with Crippen LogP contribution in [-0.4, -0.2) is 34.6 Å². The third-order valence-electron chi connectivity index (χ3n) is 15.3. The number of amides is 1. The first-order valence-corrected chi connectivity index (χ1v) is 18.1. The number of aliphatic carboxylic acids is 1. The van der Waals surface area contributed by atoms with Crippen LogP contribution < -0.4 is 5.32 Å². The van der Waals surface area contributed by atoms with Gasteiger partial charge in [0.2, 0.25) is 5.91 Å². The Balaban J connectivity index is 1.42. The minimum Gasteiger partial charge on any atom is -0.481 e. The second-order valence-electron chi connectivity index (χ2n) is 18.7. The fraction of sp³-hybridized carbons (Fsp3) is 0.872. The summed E-state index contributed by atoms with van der Waals surface area (Å²) in [5.74, 6) is 1.32. The second kappa shape index (κ2) is 11.1. The number of nitrogens with one attached hydrogen (secondary N) is 1. The van der Waals surface area contributed by atoms with Gasteiger partial charge in [0.25, 0.3) is 0 Å². The minimum atomic E-state index is -1.14. The molecule has 5 aliphatic rings. The quantitative estimate of drug-likeness (QED) is 0.218. The SMILES string of the molecule is C=C(C)[C@@H]1CC[C@]2(NC(=O)C(C)C)CC[C@]3(C)[C@H](CC[C@@H]4[C@@]5(C)CC[C@H](OC(=O)CC(C)(C)C(=O)O)C(C)(C)[C@@H]5CC[C@]43C)[C@@H]12. The van der Waals surface area contributed by atoms with Crippen LogP contribution in [0.5, 0.6) is 0 Å². The number of rotatable bonds is 7. The summed E-state index contributed by atoms with van der Waals surface area (Å²) < 4.78 is 6.15. The van der Waals surface area contributed by atoms with Crippen molar-refractivity contribution in [2.75, 3.05) is 0 Å². The number of carboxylic acids is 1. The standard InChI is InChI=1S/C39H63NO5/c1-23(2)25-14-19-39(40-32(42)24(3)4)21-20-37(10)26(31(25)39)12-13-28-36(9)17-16-29(45-30(41)22-34(5,6)33(43)44)35(7,8)27(36)15-18-38(28,37)11/h24-29,31H,1,12-22H2,2-11H3,(H,40,42)(H,43,44)/t25-,26+,27-,28+,29-,31+,36-,37+,38+,39-/m0/s1. The van der Waals surface area contributed by atoms with E-state index >= 15 is 0 Å². The molecule has 0 aromatic rings. The van der Waals surface area contributed by atoms with E-state index in [1.807, 2.05) is 13.8 Å². The van der Waals surface area contributed by atoms with E-state index in [-0.39, 0.29) is 51.5 Å². The van der Waals surface area contributed by atoms with Crippen molar-refractivity contribution in [2.24, 2.45) is 62.6 Å². The lowest BCUT2D eigenvalue weighted by atomic mass is 9.32. The number of hydrogen-bond acceptors (Lipinski definition) is 4. The molecule has 45 heavy (non-hydrogen) atoms. The molecule has 5 aliphatic carbocycles. The van der Waals surface area contributed by atoms with E-state index in [2.05, 4.69) is 53.4 Å². The number of carbonyl (C=O) groups excluding carboxylic acids is 2. The highest BCUT2D eigenvalue weighted by Gasteiger charge is 2.71. The van der Waals surface area contributed by atoms with Crippen LogP contribution in [0.4, 0.5) is 0 Å². The van der Waals surface area contributed by atoms with E-state index in [4.69, 9.17) is 4.74 Å². The van der Waals surface area contributed by atoms with Crippen LogP contribution in [0.15, 0.2) is 12.2 Å². The lowest BCUT2D eigenvalue weighted by Crippen LogP contribution is -2.69. The fourth-order valence-corrected chi connectivity index (χ4v) is 12.6. The first-order valence-electron chi connectivity index (χ1n) is 18.1. The predicted octanol–water partition coefficient (Wildman–Crippen LogP) is 8.58. The zero-order valence-corrected chi connectivity index (χ0v) is 30.1. The highest BCUT2D eigenvalue weighted by Crippen LogP contribution is 2.76. The molecule has 0 aromatic carbocycles. The zero-order chi connectivity index (χ0) is 33.5. The third kappa shape index (κ3) is 5.12. The lowest BCUT2D eigenvalue weighted by molar-refractivity contribution is -0.246. The molecule has 0 heterocycles. The van der Waals surface area contributed by atoms with Crippen molar-refractivity contribution in [1.82, 2.24) is 5.32 Å². The van der Waals surface area contributed by atoms with Crippen LogP contribution in [0.2, 0.25) is 0 Å². The van der Waals surface area contributed by atoms with Gasteiger partial charge in [-0.3, -0.25) is 14.4 Å². The molecule has 10 atom stereocenters. The Morgan fingerprint density at radius 3 is 2.16 bits per heavy atom. The maximum Gasteiger partial charge on any atom is 0.309 e. The Labute approximate surface area is 273 Å². The van der Waals surface area contributed by atoms with Crippen molar-refractivity contribution in [2.45, 2.75) is 152 Å². The van der Waals surface area contributed by atoms with E-state index in [9.17, 15) is 19.5 Å². The van der Waals surface area contributed by atoms with Crippen molar-refractivity contribution in [1.29, 1.82) is 0 Å². The van der Waals surface area contributed by atoms with Gasteiger partial charge in [0.1, 0.15) is 6.10 Å². The number of ether oxygens (including phenoxy) is 1. The van der Waals surface area contributed by atoms with Gasteiger partial charge < -0.3 is 15.2 Å². The lowest BCUT2D eigenvalue weighted by Gasteiger charge is -2.73. The van der Waals surface area contributed by atoms with Gasteiger partial charge in [-0.05, 0) is 131 Å². The van der Waals surface area contributed by atoms with Crippen LogP contribution in [0.25, 0.3) is 0 Å². The molecule has 1 amide bonds. The van der Waals surface area contributed by atoms with Gasteiger partial charge >= 0.3 is 11.9 Å². The summed E-state index contributed by atoms with van der Waals surface area (Å²) in [7, 11) is 0. The van der Waals surface area contributed by atoms with Gasteiger partial charge in [0, 0.05) is 16.9 Å². The number of fused-ring (bicyclic) bond motifs is 7. The topological polar surface area (TPSA) is 92.7 Å². The monoisotopic (exact) mass is 625 g/mol. The first kappa shape index (κ1) is 34.5. The second-order valence-corrected chi connectivity index (χ2v) is 18.7. The molecule has 0 bridgehead atoms. The maximum atomic E-state index is 13.2. The van der Waals surface area contributed by atoms with E-state index in [0.717, 1.165) is 44.9 Å². The Bertz CT molecular complexity index is 1240. The highest BCUT2D eigenvalue weighted by molar-refractivity contribution is 5.81. The van der Waals surface area contributed by atoms with Crippen molar-refractivity contribution < 1.29 is 24.2 Å². The molecular formula is C39H63NO5. The maximum absolute atomic E-state index is 13.2. The van der Waals surface area contributed by atoms with Crippen molar-refractivity contribution in [3.8, 4) is 0 Å². The highest BCUT2D eigenvalue weighted by atomic mass is 16.5. The molecule has 254 valence electrons. The zero-order valence-electron chi connectivity index (χ0n) is 30.1. The van der Waals surface area contributed by atoms with Crippen LogP contribution in [0.3, 0.4) is 0 Å². The third-order valence-corrected chi connectivity index (χ3v) is 15.3. The molecule has 0 unspecified atom stereocenters. The van der Waals surface area contributed by atoms with Crippen molar-refractivity contribution in [3.05, 3.63) is 12.2 Å². The Morgan fingerprint density at radius 1 is 0.889 bits per heavy atom. The number of allylic oxidation sites excluding steroid dienone is 1. The molecule has 6 nitrogen and oxygen atoms in total. The summed E-state index contributed by atoms with van der Waals surface area (Å²) in [5, 5.41) is 13.2. The molecular weight excluding hydrogens is 562 g/mol. The summed E-state index contributed by atoms with van der Waals surface area (Å²) in [6, 6.07) is 0. The molecule has 0 radical (unpaired) electrons. The summed E-state index contributed by atoms with van der Waals surface area (Å²) in [6.45, 7) is 26.3. The van der Waals surface area contributed by atoms with Gasteiger partial charge in [-0.1, -0.05) is 60.6 Å². The van der Waals surface area contributed by atoms with E-state index in [1.54, 1.807) is 13.8 Å². The molecule has 5 saturated carbocycles.